The Labute approximate surface area is 152 Å². The lowest BCUT2D eigenvalue weighted by Crippen LogP contribution is -2.45. The first-order chi connectivity index (χ1) is 12.6. The summed E-state index contributed by atoms with van der Waals surface area (Å²) < 4.78 is 11.8. The molecule has 0 N–H and O–H groups in total. The van der Waals surface area contributed by atoms with Crippen LogP contribution in [0.4, 0.5) is 5.88 Å². The number of fused-ring (bicyclic) bond motifs is 1. The van der Waals surface area contributed by atoms with Crippen LogP contribution in [-0.4, -0.2) is 30.3 Å². The molecule has 0 bridgehead atoms. The molecule has 2 atom stereocenters. The van der Waals surface area contributed by atoms with E-state index in [2.05, 4.69) is 40.2 Å². The van der Waals surface area contributed by atoms with Crippen molar-refractivity contribution in [2.45, 2.75) is 32.5 Å². The average molecular weight is 347 g/mol. The zero-order valence-electron chi connectivity index (χ0n) is 15.0. The van der Waals surface area contributed by atoms with E-state index in [9.17, 15) is 5.26 Å². The highest BCUT2D eigenvalue weighted by Gasteiger charge is 2.28. The summed E-state index contributed by atoms with van der Waals surface area (Å²) in [6, 6.07) is 16.7. The second-order valence-electron chi connectivity index (χ2n) is 6.85. The molecule has 2 aromatic carbocycles. The Balaban J connectivity index is 1.66. The molecule has 0 unspecified atom stereocenters. The number of anilines is 1. The van der Waals surface area contributed by atoms with Crippen LogP contribution in [0.1, 0.15) is 31.0 Å². The molecule has 1 aromatic heterocycles. The summed E-state index contributed by atoms with van der Waals surface area (Å²) in [6.45, 7) is 5.45. The zero-order valence-corrected chi connectivity index (χ0v) is 15.0. The van der Waals surface area contributed by atoms with E-state index in [0.717, 1.165) is 5.56 Å². The molecule has 0 aliphatic carbocycles. The monoisotopic (exact) mass is 347 g/mol. The lowest BCUT2D eigenvalue weighted by molar-refractivity contribution is -0.00646. The van der Waals surface area contributed by atoms with Crippen LogP contribution in [-0.2, 0) is 11.2 Å². The van der Waals surface area contributed by atoms with Crippen LogP contribution in [0.5, 0.6) is 0 Å². The molecule has 1 aliphatic rings. The number of ether oxygens (including phenoxy) is 1. The minimum atomic E-state index is 0.0944. The number of morpholine rings is 1. The van der Waals surface area contributed by atoms with E-state index >= 15 is 0 Å². The van der Waals surface area contributed by atoms with E-state index in [1.54, 1.807) is 0 Å². The second-order valence-corrected chi connectivity index (χ2v) is 6.85. The minimum Gasteiger partial charge on any atom is -0.423 e. The van der Waals surface area contributed by atoms with Crippen LogP contribution in [0.3, 0.4) is 0 Å². The normalized spacial score (nSPS) is 20.3. The molecule has 0 amide bonds. The predicted octanol–water partition coefficient (Wildman–Crippen LogP) is 3.90. The molecule has 1 fully saturated rings. The summed E-state index contributed by atoms with van der Waals surface area (Å²) in [5.74, 6) is 1.13. The highest BCUT2D eigenvalue weighted by molar-refractivity contribution is 5.85. The number of nitrogens with zero attached hydrogens (tertiary/aromatic N) is 3. The smallest absolute Gasteiger partial charge is 0.234 e. The summed E-state index contributed by atoms with van der Waals surface area (Å²) in [5.41, 5.74) is 1.49. The maximum absolute atomic E-state index is 9.50. The van der Waals surface area contributed by atoms with Crippen molar-refractivity contribution in [1.29, 1.82) is 5.26 Å². The minimum absolute atomic E-state index is 0.0944. The van der Waals surface area contributed by atoms with Crippen LogP contribution in [0, 0.1) is 11.3 Å². The van der Waals surface area contributed by atoms with Crippen molar-refractivity contribution in [2.24, 2.45) is 0 Å². The second kappa shape index (κ2) is 6.81. The van der Waals surface area contributed by atoms with Crippen molar-refractivity contribution in [3.8, 4) is 6.07 Å². The maximum Gasteiger partial charge on any atom is 0.234 e. The van der Waals surface area contributed by atoms with Gasteiger partial charge in [0.2, 0.25) is 17.5 Å². The standard InChI is InChI=1S/C21H21N3O2/c1-14-12-24(13-15(2)25-14)21-19(11-22)23-20(26-21)10-17-8-5-7-16-6-3-4-9-18(16)17/h3-9,14-15H,10,12-13H2,1-2H3/t14-,15+. The van der Waals surface area contributed by atoms with Crippen molar-refractivity contribution in [3.63, 3.8) is 0 Å². The molecule has 2 heterocycles. The van der Waals surface area contributed by atoms with E-state index in [1.807, 2.05) is 32.0 Å². The number of aromatic nitrogens is 1. The van der Waals surface area contributed by atoms with Gasteiger partial charge >= 0.3 is 0 Å². The third-order valence-electron chi connectivity index (χ3n) is 4.69. The van der Waals surface area contributed by atoms with Gasteiger partial charge < -0.3 is 14.1 Å². The molecule has 26 heavy (non-hydrogen) atoms. The number of rotatable bonds is 3. The van der Waals surface area contributed by atoms with Gasteiger partial charge in [0.05, 0.1) is 18.6 Å². The topological polar surface area (TPSA) is 62.3 Å². The third-order valence-corrected chi connectivity index (χ3v) is 4.69. The van der Waals surface area contributed by atoms with Crippen molar-refractivity contribution in [2.75, 3.05) is 18.0 Å². The highest BCUT2D eigenvalue weighted by Crippen LogP contribution is 2.28. The lowest BCUT2D eigenvalue weighted by Gasteiger charge is -2.34. The predicted molar refractivity (Wildman–Crippen MR) is 100 cm³/mol. The summed E-state index contributed by atoms with van der Waals surface area (Å²) in [5, 5.41) is 11.9. The van der Waals surface area contributed by atoms with Crippen molar-refractivity contribution in [1.82, 2.24) is 4.98 Å². The van der Waals surface area contributed by atoms with Gasteiger partial charge in [0.25, 0.3) is 0 Å². The first-order valence-corrected chi connectivity index (χ1v) is 8.91. The first-order valence-electron chi connectivity index (χ1n) is 8.91. The molecular formula is C21H21N3O2. The summed E-state index contributed by atoms with van der Waals surface area (Å²) in [4.78, 5) is 6.51. The van der Waals surface area contributed by atoms with E-state index in [0.29, 0.717) is 37.0 Å². The van der Waals surface area contributed by atoms with Gasteiger partial charge in [-0.05, 0) is 30.2 Å². The lowest BCUT2D eigenvalue weighted by atomic mass is 10.0. The quantitative estimate of drug-likeness (QED) is 0.719. The third kappa shape index (κ3) is 3.16. The van der Waals surface area contributed by atoms with E-state index in [1.165, 1.54) is 10.8 Å². The Morgan fingerprint density at radius 2 is 1.85 bits per heavy atom. The molecule has 4 rings (SSSR count). The van der Waals surface area contributed by atoms with Crippen molar-refractivity contribution in [3.05, 3.63) is 59.6 Å². The van der Waals surface area contributed by atoms with Gasteiger partial charge in [0, 0.05) is 13.1 Å². The SMILES string of the molecule is C[C@@H]1CN(c2oc(Cc3cccc4ccccc34)nc2C#N)C[C@H](C)O1. The molecule has 5 heteroatoms. The molecule has 0 saturated carbocycles. The summed E-state index contributed by atoms with van der Waals surface area (Å²) in [6.07, 6.45) is 0.750. The van der Waals surface area contributed by atoms with Gasteiger partial charge in [0.1, 0.15) is 6.07 Å². The van der Waals surface area contributed by atoms with E-state index in [-0.39, 0.29) is 12.2 Å². The first kappa shape index (κ1) is 16.6. The molecule has 1 aliphatic heterocycles. The molecule has 3 aromatic rings. The van der Waals surface area contributed by atoms with Crippen molar-refractivity contribution < 1.29 is 9.15 Å². The molecular weight excluding hydrogens is 326 g/mol. The molecule has 0 radical (unpaired) electrons. The van der Waals surface area contributed by atoms with Gasteiger partial charge in [-0.2, -0.15) is 5.26 Å². The number of oxazole rings is 1. The van der Waals surface area contributed by atoms with Crippen LogP contribution in [0.15, 0.2) is 46.9 Å². The number of benzene rings is 2. The van der Waals surface area contributed by atoms with Crippen molar-refractivity contribution >= 4 is 16.7 Å². The van der Waals surface area contributed by atoms with Crippen LogP contribution < -0.4 is 4.90 Å². The molecule has 0 spiro atoms. The van der Waals surface area contributed by atoms with Crippen LogP contribution >= 0.6 is 0 Å². The highest BCUT2D eigenvalue weighted by atomic mass is 16.5. The summed E-state index contributed by atoms with van der Waals surface area (Å²) in [7, 11) is 0. The average Bonchev–Trinajstić information content (AvgIpc) is 3.04. The fraction of sp³-hybridized carbons (Fsp3) is 0.333. The fourth-order valence-corrected chi connectivity index (χ4v) is 3.67. The number of nitriles is 1. The Hall–Kier alpha value is -2.84. The fourth-order valence-electron chi connectivity index (χ4n) is 3.67. The van der Waals surface area contributed by atoms with Gasteiger partial charge in [0.15, 0.2) is 0 Å². The van der Waals surface area contributed by atoms with Gasteiger partial charge in [-0.1, -0.05) is 42.5 Å². The Morgan fingerprint density at radius 1 is 1.12 bits per heavy atom. The maximum atomic E-state index is 9.50. The number of hydrogen-bond donors (Lipinski definition) is 0. The molecule has 1 saturated heterocycles. The Kier molecular flexibility index (Phi) is 4.36. The van der Waals surface area contributed by atoms with E-state index in [4.69, 9.17) is 9.15 Å². The zero-order chi connectivity index (χ0) is 18.1. The van der Waals surface area contributed by atoms with Crippen LogP contribution in [0.2, 0.25) is 0 Å². The Bertz CT molecular complexity index is 958. The van der Waals surface area contributed by atoms with Gasteiger partial charge in [-0.25, -0.2) is 4.98 Å². The largest absolute Gasteiger partial charge is 0.423 e. The van der Waals surface area contributed by atoms with Gasteiger partial charge in [-0.3, -0.25) is 0 Å². The van der Waals surface area contributed by atoms with Crippen LogP contribution in [0.25, 0.3) is 10.8 Å². The molecule has 132 valence electrons. The number of hydrogen-bond acceptors (Lipinski definition) is 5. The summed E-state index contributed by atoms with van der Waals surface area (Å²) >= 11 is 0. The molecule has 5 nitrogen and oxygen atoms in total. The Morgan fingerprint density at radius 3 is 2.62 bits per heavy atom. The van der Waals surface area contributed by atoms with E-state index < -0.39 is 0 Å². The van der Waals surface area contributed by atoms with Gasteiger partial charge in [-0.15, -0.1) is 0 Å².